The molecule has 1 aromatic heterocycles. The Labute approximate surface area is 160 Å². The summed E-state index contributed by atoms with van der Waals surface area (Å²) in [4.78, 5) is 28.6. The first kappa shape index (κ1) is 18.6. The molecule has 2 aromatic carbocycles. The number of thiazole rings is 1. The summed E-state index contributed by atoms with van der Waals surface area (Å²) in [6.07, 6.45) is 1.89. The molecule has 0 aliphatic heterocycles. The molecule has 0 saturated heterocycles. The molecule has 0 saturated carbocycles. The van der Waals surface area contributed by atoms with E-state index in [1.807, 2.05) is 24.3 Å². The van der Waals surface area contributed by atoms with Crippen molar-refractivity contribution in [2.24, 2.45) is 0 Å². The van der Waals surface area contributed by atoms with Crippen LogP contribution in [0.25, 0.3) is 16.3 Å². The van der Waals surface area contributed by atoms with Crippen LogP contribution in [0.1, 0.15) is 11.9 Å². The topological polar surface area (TPSA) is 77.5 Å². The monoisotopic (exact) mass is 382 g/mol. The summed E-state index contributed by atoms with van der Waals surface area (Å²) in [5.41, 5.74) is 1.39. The lowest BCUT2D eigenvalue weighted by Gasteiger charge is -2.14. The Morgan fingerprint density at radius 3 is 2.67 bits per heavy atom. The fraction of sp³-hybridized carbons (Fsp3) is 0.150. The van der Waals surface area contributed by atoms with E-state index >= 15 is 0 Å². The van der Waals surface area contributed by atoms with Crippen LogP contribution in [-0.4, -0.2) is 30.1 Å². The number of anilines is 1. The highest BCUT2D eigenvalue weighted by Gasteiger charge is 2.18. The maximum Gasteiger partial charge on any atom is 0.331 e. The van der Waals surface area contributed by atoms with Crippen molar-refractivity contribution in [2.45, 2.75) is 13.0 Å². The van der Waals surface area contributed by atoms with Gasteiger partial charge in [-0.25, -0.2) is 9.78 Å². The molecule has 3 rings (SSSR count). The van der Waals surface area contributed by atoms with Gasteiger partial charge in [0.25, 0.3) is 5.91 Å². The number of ether oxygens (including phenoxy) is 2. The molecule has 0 aliphatic carbocycles. The van der Waals surface area contributed by atoms with Gasteiger partial charge >= 0.3 is 5.97 Å². The number of nitrogens with zero attached hydrogens (tertiary/aromatic N) is 1. The number of para-hydroxylation sites is 3. The number of rotatable bonds is 6. The van der Waals surface area contributed by atoms with E-state index in [-0.39, 0.29) is 0 Å². The zero-order chi connectivity index (χ0) is 19.2. The summed E-state index contributed by atoms with van der Waals surface area (Å²) in [6.45, 7) is 1.51. The number of fused-ring (bicyclic) bond motifs is 1. The average Bonchev–Trinajstić information content (AvgIpc) is 3.09. The van der Waals surface area contributed by atoms with E-state index in [2.05, 4.69) is 10.3 Å². The van der Waals surface area contributed by atoms with Crippen molar-refractivity contribution in [3.8, 4) is 5.75 Å². The lowest BCUT2D eigenvalue weighted by Crippen LogP contribution is -2.29. The summed E-state index contributed by atoms with van der Waals surface area (Å²) in [6, 6.07) is 14.7. The molecule has 0 radical (unpaired) electrons. The van der Waals surface area contributed by atoms with Crippen molar-refractivity contribution in [1.82, 2.24) is 4.98 Å². The standard InChI is InChI=1S/C20H18N2O4S/c1-13(20(24)22-14-7-3-5-9-16(14)25-2)26-19(23)12-11-18-21-15-8-4-6-10-17(15)27-18/h3-13H,1-2H3,(H,22,24)/b12-11+/t13-/m1/s1. The van der Waals surface area contributed by atoms with Crippen molar-refractivity contribution < 1.29 is 19.1 Å². The van der Waals surface area contributed by atoms with Gasteiger partial charge in [-0.05, 0) is 37.3 Å². The van der Waals surface area contributed by atoms with Crippen LogP contribution >= 0.6 is 11.3 Å². The van der Waals surface area contributed by atoms with Crippen LogP contribution in [0.15, 0.2) is 54.6 Å². The van der Waals surface area contributed by atoms with Crippen molar-refractivity contribution >= 4 is 45.2 Å². The minimum absolute atomic E-state index is 0.443. The second-order valence-electron chi connectivity index (χ2n) is 5.62. The molecule has 3 aromatic rings. The van der Waals surface area contributed by atoms with Gasteiger partial charge < -0.3 is 14.8 Å². The number of aromatic nitrogens is 1. The molecule has 1 N–H and O–H groups in total. The molecule has 0 bridgehead atoms. The molecule has 1 heterocycles. The van der Waals surface area contributed by atoms with Crippen molar-refractivity contribution in [2.75, 3.05) is 12.4 Å². The largest absolute Gasteiger partial charge is 0.495 e. The first-order valence-electron chi connectivity index (χ1n) is 8.25. The molecule has 138 valence electrons. The number of esters is 1. The van der Waals surface area contributed by atoms with E-state index < -0.39 is 18.0 Å². The van der Waals surface area contributed by atoms with E-state index in [9.17, 15) is 9.59 Å². The molecule has 0 fully saturated rings. The zero-order valence-corrected chi connectivity index (χ0v) is 15.7. The van der Waals surface area contributed by atoms with Crippen LogP contribution < -0.4 is 10.1 Å². The quantitative estimate of drug-likeness (QED) is 0.517. The normalized spacial score (nSPS) is 12.1. The molecule has 0 unspecified atom stereocenters. The van der Waals surface area contributed by atoms with Crippen molar-refractivity contribution in [3.63, 3.8) is 0 Å². The summed E-state index contributed by atoms with van der Waals surface area (Å²) < 4.78 is 11.4. The molecule has 1 amide bonds. The Hall–Kier alpha value is -3.19. The number of nitrogens with one attached hydrogen (secondary N) is 1. The Morgan fingerprint density at radius 1 is 1.15 bits per heavy atom. The minimum atomic E-state index is -0.956. The third-order valence-corrected chi connectivity index (χ3v) is 4.70. The lowest BCUT2D eigenvalue weighted by atomic mass is 10.2. The number of amides is 1. The second-order valence-corrected chi connectivity index (χ2v) is 6.68. The van der Waals surface area contributed by atoms with Gasteiger partial charge in [-0.15, -0.1) is 11.3 Å². The van der Waals surface area contributed by atoms with E-state index in [0.29, 0.717) is 16.4 Å². The van der Waals surface area contributed by atoms with Gasteiger partial charge in [0.2, 0.25) is 0 Å². The highest BCUT2D eigenvalue weighted by atomic mass is 32.1. The third kappa shape index (κ3) is 4.71. The summed E-state index contributed by atoms with van der Waals surface area (Å²) >= 11 is 1.47. The Morgan fingerprint density at radius 2 is 1.89 bits per heavy atom. The Kier molecular flexibility index (Phi) is 5.83. The maximum absolute atomic E-state index is 12.2. The fourth-order valence-electron chi connectivity index (χ4n) is 2.35. The molecule has 6 nitrogen and oxygen atoms in total. The lowest BCUT2D eigenvalue weighted by molar-refractivity contribution is -0.148. The van der Waals surface area contributed by atoms with Gasteiger partial charge in [0, 0.05) is 6.08 Å². The number of hydrogen-bond donors (Lipinski definition) is 1. The van der Waals surface area contributed by atoms with Crippen molar-refractivity contribution in [3.05, 3.63) is 59.6 Å². The van der Waals surface area contributed by atoms with E-state index in [4.69, 9.17) is 9.47 Å². The maximum atomic E-state index is 12.2. The fourth-order valence-corrected chi connectivity index (χ4v) is 3.22. The van der Waals surface area contributed by atoms with Crippen LogP contribution in [0.2, 0.25) is 0 Å². The van der Waals surface area contributed by atoms with Crippen LogP contribution in [0.3, 0.4) is 0 Å². The van der Waals surface area contributed by atoms with E-state index in [1.165, 1.54) is 31.4 Å². The first-order valence-corrected chi connectivity index (χ1v) is 9.06. The number of benzene rings is 2. The smallest absolute Gasteiger partial charge is 0.331 e. The number of hydrogen-bond acceptors (Lipinski definition) is 6. The molecule has 0 aliphatic rings. The third-order valence-electron chi connectivity index (χ3n) is 3.70. The van der Waals surface area contributed by atoms with E-state index in [1.54, 1.807) is 30.3 Å². The van der Waals surface area contributed by atoms with Crippen LogP contribution in [0.5, 0.6) is 5.75 Å². The second kappa shape index (κ2) is 8.46. The van der Waals surface area contributed by atoms with Crippen LogP contribution in [-0.2, 0) is 14.3 Å². The zero-order valence-electron chi connectivity index (χ0n) is 14.8. The molecular weight excluding hydrogens is 364 g/mol. The predicted molar refractivity (Wildman–Crippen MR) is 106 cm³/mol. The summed E-state index contributed by atoms with van der Waals surface area (Å²) in [5.74, 6) is -0.529. The molecule has 27 heavy (non-hydrogen) atoms. The molecule has 1 atom stereocenters. The summed E-state index contributed by atoms with van der Waals surface area (Å²) in [5, 5.41) is 3.38. The van der Waals surface area contributed by atoms with Gasteiger partial charge in [-0.2, -0.15) is 0 Å². The number of carbonyl (C=O) groups is 2. The average molecular weight is 382 g/mol. The number of carbonyl (C=O) groups excluding carboxylic acids is 2. The van der Waals surface area contributed by atoms with Gasteiger partial charge in [0.15, 0.2) is 6.10 Å². The molecular formula is C20H18N2O4S. The summed E-state index contributed by atoms with van der Waals surface area (Å²) in [7, 11) is 1.52. The van der Waals surface area contributed by atoms with Crippen LogP contribution in [0.4, 0.5) is 5.69 Å². The predicted octanol–water partition coefficient (Wildman–Crippen LogP) is 3.89. The van der Waals surface area contributed by atoms with Crippen molar-refractivity contribution in [1.29, 1.82) is 0 Å². The van der Waals surface area contributed by atoms with Gasteiger partial charge in [0.05, 0.1) is 23.0 Å². The Bertz CT molecular complexity index is 963. The van der Waals surface area contributed by atoms with Crippen LogP contribution in [0, 0.1) is 0 Å². The minimum Gasteiger partial charge on any atom is -0.495 e. The SMILES string of the molecule is COc1ccccc1NC(=O)[C@@H](C)OC(=O)/C=C/c1nc2ccccc2s1. The van der Waals surface area contributed by atoms with Gasteiger partial charge in [0.1, 0.15) is 10.8 Å². The van der Waals surface area contributed by atoms with Gasteiger partial charge in [-0.3, -0.25) is 4.79 Å². The first-order chi connectivity index (χ1) is 13.1. The number of methoxy groups -OCH3 is 1. The van der Waals surface area contributed by atoms with E-state index in [0.717, 1.165) is 10.2 Å². The molecule has 0 spiro atoms. The Balaban J connectivity index is 1.58. The molecule has 7 heteroatoms. The highest BCUT2D eigenvalue weighted by molar-refractivity contribution is 7.19. The van der Waals surface area contributed by atoms with Gasteiger partial charge in [-0.1, -0.05) is 24.3 Å². The highest BCUT2D eigenvalue weighted by Crippen LogP contribution is 2.24.